The van der Waals surface area contributed by atoms with Gasteiger partial charge in [0.1, 0.15) is 5.75 Å². The number of hydrogen-bond donors (Lipinski definition) is 0. The normalized spacial score (nSPS) is 16.5. The third-order valence-electron chi connectivity index (χ3n) is 5.42. The van der Waals surface area contributed by atoms with Gasteiger partial charge in [-0.1, -0.05) is 13.0 Å². The van der Waals surface area contributed by atoms with Crippen LogP contribution in [0.25, 0.3) is 0 Å². The molecule has 2 aromatic rings. The number of benzene rings is 2. The van der Waals surface area contributed by atoms with Crippen LogP contribution in [-0.4, -0.2) is 45.3 Å². The summed E-state index contributed by atoms with van der Waals surface area (Å²) in [7, 11) is 3.18. The van der Waals surface area contributed by atoms with Crippen LogP contribution in [0, 0.1) is 5.82 Å². The largest absolute Gasteiger partial charge is 0.495 e. The molecule has 0 radical (unpaired) electrons. The zero-order valence-corrected chi connectivity index (χ0v) is 18.3. The van der Waals surface area contributed by atoms with Gasteiger partial charge in [-0.05, 0) is 58.6 Å². The molecule has 0 spiro atoms. The first kappa shape index (κ1) is 20.9. The van der Waals surface area contributed by atoms with Crippen molar-refractivity contribution in [2.45, 2.75) is 25.8 Å². The van der Waals surface area contributed by atoms with Gasteiger partial charge in [-0.3, -0.25) is 4.90 Å². The molecule has 0 amide bonds. The van der Waals surface area contributed by atoms with E-state index in [4.69, 9.17) is 9.47 Å². The fraction of sp³-hybridized carbons (Fsp3) is 0.455. The maximum atomic E-state index is 14.2. The lowest BCUT2D eigenvalue weighted by Gasteiger charge is -2.30. The number of hydrogen-bond acceptors (Lipinski definition) is 4. The number of halogens is 2. The SMILES string of the molecule is CCC(c1ccc(OC)c(F)c1)N1CCCN(c2ccc(Br)c(OC)c2)CC1. The number of anilines is 1. The summed E-state index contributed by atoms with van der Waals surface area (Å²) in [4.78, 5) is 4.87. The van der Waals surface area contributed by atoms with E-state index in [0.717, 1.165) is 54.8 Å². The molecule has 0 aliphatic carbocycles. The van der Waals surface area contributed by atoms with Crippen molar-refractivity contribution in [2.75, 3.05) is 45.3 Å². The van der Waals surface area contributed by atoms with Gasteiger partial charge in [-0.2, -0.15) is 0 Å². The predicted octanol–water partition coefficient (Wildman–Crippen LogP) is 5.27. The topological polar surface area (TPSA) is 24.9 Å². The third-order valence-corrected chi connectivity index (χ3v) is 6.07. The van der Waals surface area contributed by atoms with Crippen LogP contribution in [0.3, 0.4) is 0 Å². The van der Waals surface area contributed by atoms with Crippen LogP contribution in [0.4, 0.5) is 10.1 Å². The van der Waals surface area contributed by atoms with Gasteiger partial charge in [0.2, 0.25) is 0 Å². The van der Waals surface area contributed by atoms with Crippen molar-refractivity contribution in [1.82, 2.24) is 4.90 Å². The fourth-order valence-electron chi connectivity index (χ4n) is 3.95. The summed E-state index contributed by atoms with van der Waals surface area (Å²) in [6.45, 7) is 6.02. The van der Waals surface area contributed by atoms with E-state index in [1.165, 1.54) is 12.8 Å². The minimum absolute atomic E-state index is 0.208. The second-order valence-corrected chi connectivity index (χ2v) is 7.87. The van der Waals surface area contributed by atoms with Crippen molar-refractivity contribution in [1.29, 1.82) is 0 Å². The van der Waals surface area contributed by atoms with Crippen LogP contribution in [-0.2, 0) is 0 Å². The Morgan fingerprint density at radius 3 is 2.46 bits per heavy atom. The van der Waals surface area contributed by atoms with E-state index in [1.807, 2.05) is 12.1 Å². The van der Waals surface area contributed by atoms with Crippen LogP contribution in [0.1, 0.15) is 31.4 Å². The Kier molecular flexibility index (Phi) is 7.18. The molecule has 0 aromatic heterocycles. The number of nitrogens with zero attached hydrogens (tertiary/aromatic N) is 2. The average molecular weight is 451 g/mol. The van der Waals surface area contributed by atoms with Gasteiger partial charge in [0.15, 0.2) is 11.6 Å². The third kappa shape index (κ3) is 4.61. The summed E-state index contributed by atoms with van der Waals surface area (Å²) in [6, 6.07) is 11.8. The van der Waals surface area contributed by atoms with E-state index >= 15 is 0 Å². The second kappa shape index (κ2) is 9.61. The van der Waals surface area contributed by atoms with Gasteiger partial charge in [-0.25, -0.2) is 4.39 Å². The van der Waals surface area contributed by atoms with Crippen molar-refractivity contribution >= 4 is 21.6 Å². The molecule has 1 atom stereocenters. The molecule has 1 aliphatic heterocycles. The number of rotatable bonds is 6. The average Bonchev–Trinajstić information content (AvgIpc) is 2.95. The minimum atomic E-state index is -0.295. The lowest BCUT2D eigenvalue weighted by molar-refractivity contribution is 0.205. The zero-order valence-electron chi connectivity index (χ0n) is 16.8. The smallest absolute Gasteiger partial charge is 0.165 e. The summed E-state index contributed by atoms with van der Waals surface area (Å²) >= 11 is 3.52. The highest BCUT2D eigenvalue weighted by atomic mass is 79.9. The molecule has 3 rings (SSSR count). The molecule has 28 heavy (non-hydrogen) atoms. The molecule has 1 heterocycles. The summed E-state index contributed by atoms with van der Waals surface area (Å²) in [5, 5.41) is 0. The van der Waals surface area contributed by atoms with Crippen molar-refractivity contribution in [3.05, 3.63) is 52.3 Å². The van der Waals surface area contributed by atoms with Crippen molar-refractivity contribution in [3.8, 4) is 11.5 Å². The molecule has 4 nitrogen and oxygen atoms in total. The van der Waals surface area contributed by atoms with Crippen LogP contribution in [0.5, 0.6) is 11.5 Å². The Balaban J connectivity index is 1.74. The van der Waals surface area contributed by atoms with E-state index in [9.17, 15) is 4.39 Å². The van der Waals surface area contributed by atoms with Crippen molar-refractivity contribution in [3.63, 3.8) is 0 Å². The molecule has 0 N–H and O–H groups in total. The Morgan fingerprint density at radius 1 is 1.00 bits per heavy atom. The van der Waals surface area contributed by atoms with E-state index in [2.05, 4.69) is 44.8 Å². The molecule has 2 aromatic carbocycles. The first-order valence-corrected chi connectivity index (χ1v) is 10.5. The molecule has 1 fully saturated rings. The summed E-state index contributed by atoms with van der Waals surface area (Å²) in [6.07, 6.45) is 2.01. The molecular weight excluding hydrogens is 423 g/mol. The van der Waals surface area contributed by atoms with Crippen LogP contribution in [0.2, 0.25) is 0 Å². The lowest BCUT2D eigenvalue weighted by Crippen LogP contribution is -2.33. The van der Waals surface area contributed by atoms with Gasteiger partial charge >= 0.3 is 0 Å². The highest BCUT2D eigenvalue weighted by molar-refractivity contribution is 9.10. The first-order valence-electron chi connectivity index (χ1n) is 9.73. The van der Waals surface area contributed by atoms with Gasteiger partial charge < -0.3 is 14.4 Å². The maximum Gasteiger partial charge on any atom is 0.165 e. The first-order chi connectivity index (χ1) is 13.6. The van der Waals surface area contributed by atoms with E-state index in [0.29, 0.717) is 5.75 Å². The fourth-order valence-corrected chi connectivity index (χ4v) is 4.36. The standard InChI is InChI=1S/C22H28BrFN2O2/c1-4-20(16-6-9-21(27-2)19(24)14-16)26-11-5-10-25(12-13-26)17-7-8-18(23)22(15-17)28-3/h6-9,14-15,20H,4-5,10-13H2,1-3H3. The predicted molar refractivity (Wildman–Crippen MR) is 115 cm³/mol. The van der Waals surface area contributed by atoms with E-state index < -0.39 is 0 Å². The molecule has 0 bridgehead atoms. The van der Waals surface area contributed by atoms with Gasteiger partial charge in [0.05, 0.1) is 18.7 Å². The van der Waals surface area contributed by atoms with Crippen molar-refractivity contribution < 1.29 is 13.9 Å². The van der Waals surface area contributed by atoms with Crippen LogP contribution < -0.4 is 14.4 Å². The monoisotopic (exact) mass is 450 g/mol. The quantitative estimate of drug-likeness (QED) is 0.598. The minimum Gasteiger partial charge on any atom is -0.495 e. The Hall–Kier alpha value is -1.79. The van der Waals surface area contributed by atoms with Crippen LogP contribution in [0.15, 0.2) is 40.9 Å². The molecule has 6 heteroatoms. The summed E-state index contributed by atoms with van der Waals surface area (Å²) < 4.78 is 25.7. The highest BCUT2D eigenvalue weighted by Gasteiger charge is 2.23. The van der Waals surface area contributed by atoms with E-state index in [1.54, 1.807) is 19.2 Å². The van der Waals surface area contributed by atoms with Gasteiger partial charge in [0.25, 0.3) is 0 Å². The molecular formula is C22H28BrFN2O2. The number of methoxy groups -OCH3 is 2. The molecule has 0 saturated carbocycles. The zero-order chi connectivity index (χ0) is 20.1. The molecule has 1 saturated heterocycles. The molecule has 1 unspecified atom stereocenters. The Bertz CT molecular complexity index is 802. The highest BCUT2D eigenvalue weighted by Crippen LogP contribution is 2.32. The Morgan fingerprint density at radius 2 is 1.79 bits per heavy atom. The van der Waals surface area contributed by atoms with Gasteiger partial charge in [0, 0.05) is 44.0 Å². The second-order valence-electron chi connectivity index (χ2n) is 7.01. The summed E-state index contributed by atoms with van der Waals surface area (Å²) in [5.41, 5.74) is 2.19. The van der Waals surface area contributed by atoms with E-state index in [-0.39, 0.29) is 11.9 Å². The lowest BCUT2D eigenvalue weighted by atomic mass is 10.0. The van der Waals surface area contributed by atoms with Crippen molar-refractivity contribution in [2.24, 2.45) is 0 Å². The molecule has 1 aliphatic rings. The Labute approximate surface area is 175 Å². The summed E-state index contributed by atoms with van der Waals surface area (Å²) in [5.74, 6) is 0.848. The number of ether oxygens (including phenoxy) is 2. The van der Waals surface area contributed by atoms with Crippen LogP contribution >= 0.6 is 15.9 Å². The molecule has 152 valence electrons. The van der Waals surface area contributed by atoms with Gasteiger partial charge in [-0.15, -0.1) is 0 Å². The maximum absolute atomic E-state index is 14.2.